The quantitative estimate of drug-likeness (QED) is 0.937. The summed E-state index contributed by atoms with van der Waals surface area (Å²) in [5.74, 6) is 1.59. The molecule has 0 atom stereocenters. The largest absolute Gasteiger partial charge is 0.437 e. The van der Waals surface area contributed by atoms with Crippen molar-refractivity contribution in [1.29, 1.82) is 0 Å². The molecule has 1 aromatic carbocycles. The summed E-state index contributed by atoms with van der Waals surface area (Å²) in [5, 5.41) is 0.503. The fourth-order valence-electron chi connectivity index (χ4n) is 1.36. The zero-order chi connectivity index (χ0) is 13.1. The average molecular weight is 329 g/mol. The van der Waals surface area contributed by atoms with Crippen LogP contribution in [0.5, 0.6) is 11.6 Å². The Bertz CT molecular complexity index is 577. The van der Waals surface area contributed by atoms with Crippen molar-refractivity contribution in [1.82, 2.24) is 9.97 Å². The van der Waals surface area contributed by atoms with E-state index in [1.54, 1.807) is 25.3 Å². The maximum Gasteiger partial charge on any atom is 0.227 e. The molecule has 18 heavy (non-hydrogen) atoms. The van der Waals surface area contributed by atoms with Crippen molar-refractivity contribution in [2.45, 2.75) is 13.5 Å². The minimum Gasteiger partial charge on any atom is -0.437 e. The van der Waals surface area contributed by atoms with Crippen LogP contribution in [0.25, 0.3) is 0 Å². The summed E-state index contributed by atoms with van der Waals surface area (Å²) in [7, 11) is 0. The lowest BCUT2D eigenvalue weighted by atomic mass is 10.3. The van der Waals surface area contributed by atoms with Gasteiger partial charge in [-0.25, -0.2) is 4.98 Å². The smallest absolute Gasteiger partial charge is 0.227 e. The third-order valence-corrected chi connectivity index (χ3v) is 3.05. The van der Waals surface area contributed by atoms with E-state index in [1.807, 2.05) is 6.07 Å². The number of ether oxygens (including phenoxy) is 1. The first kappa shape index (κ1) is 13.3. The van der Waals surface area contributed by atoms with Gasteiger partial charge in [-0.3, -0.25) is 0 Å². The molecule has 4 nitrogen and oxygen atoms in total. The maximum absolute atomic E-state index is 6.09. The van der Waals surface area contributed by atoms with E-state index in [-0.39, 0.29) is 0 Å². The molecule has 0 saturated carbocycles. The Morgan fingerprint density at radius 1 is 1.44 bits per heavy atom. The second-order valence-electron chi connectivity index (χ2n) is 3.63. The normalized spacial score (nSPS) is 10.4. The first-order chi connectivity index (χ1) is 8.60. The number of nitrogens with zero attached hydrogens (tertiary/aromatic N) is 2. The molecule has 0 bridgehead atoms. The van der Waals surface area contributed by atoms with Crippen molar-refractivity contribution in [3.63, 3.8) is 0 Å². The van der Waals surface area contributed by atoms with Crippen LogP contribution < -0.4 is 10.5 Å². The van der Waals surface area contributed by atoms with Crippen LogP contribution in [-0.2, 0) is 6.54 Å². The number of benzene rings is 1. The zero-order valence-corrected chi connectivity index (χ0v) is 12.0. The predicted octanol–water partition coefficient (Wildman–Crippen LogP) is 3.45. The van der Waals surface area contributed by atoms with Crippen LogP contribution in [0.4, 0.5) is 0 Å². The number of rotatable bonds is 3. The van der Waals surface area contributed by atoms with Gasteiger partial charge in [0.25, 0.3) is 0 Å². The topological polar surface area (TPSA) is 61.0 Å². The van der Waals surface area contributed by atoms with Gasteiger partial charge in [0.1, 0.15) is 11.6 Å². The first-order valence-electron chi connectivity index (χ1n) is 5.25. The highest BCUT2D eigenvalue weighted by atomic mass is 79.9. The maximum atomic E-state index is 6.09. The number of hydrogen-bond donors (Lipinski definition) is 1. The Labute approximate surface area is 118 Å². The highest BCUT2D eigenvalue weighted by molar-refractivity contribution is 9.10. The second-order valence-corrected chi connectivity index (χ2v) is 4.95. The van der Waals surface area contributed by atoms with Crippen LogP contribution in [-0.4, -0.2) is 9.97 Å². The van der Waals surface area contributed by atoms with Crippen molar-refractivity contribution in [2.24, 2.45) is 5.73 Å². The monoisotopic (exact) mass is 327 g/mol. The van der Waals surface area contributed by atoms with E-state index in [0.717, 1.165) is 10.0 Å². The van der Waals surface area contributed by atoms with Gasteiger partial charge in [0.15, 0.2) is 0 Å². The molecule has 0 fully saturated rings. The average Bonchev–Trinajstić information content (AvgIpc) is 2.33. The molecule has 2 N–H and O–H groups in total. The fraction of sp³-hybridized carbons (Fsp3) is 0.167. The van der Waals surface area contributed by atoms with E-state index < -0.39 is 0 Å². The summed E-state index contributed by atoms with van der Waals surface area (Å²) in [6, 6.07) is 5.37. The van der Waals surface area contributed by atoms with E-state index in [0.29, 0.717) is 29.0 Å². The lowest BCUT2D eigenvalue weighted by Gasteiger charge is -2.10. The Hall–Kier alpha value is -1.17. The Kier molecular flexibility index (Phi) is 4.16. The van der Waals surface area contributed by atoms with Crippen LogP contribution in [0.15, 0.2) is 28.9 Å². The molecule has 2 aromatic rings. The molecular formula is C12H11BrClN3O. The van der Waals surface area contributed by atoms with Crippen molar-refractivity contribution in [3.05, 3.63) is 45.3 Å². The molecule has 6 heteroatoms. The first-order valence-corrected chi connectivity index (χ1v) is 6.42. The molecule has 0 unspecified atom stereocenters. The van der Waals surface area contributed by atoms with Crippen LogP contribution >= 0.6 is 27.5 Å². The summed E-state index contributed by atoms with van der Waals surface area (Å²) in [4.78, 5) is 8.30. The molecule has 0 amide bonds. The third kappa shape index (κ3) is 2.98. The number of aryl methyl sites for hydroxylation is 1. The highest BCUT2D eigenvalue weighted by Crippen LogP contribution is 2.32. The van der Waals surface area contributed by atoms with Gasteiger partial charge in [0, 0.05) is 22.8 Å². The Morgan fingerprint density at radius 2 is 2.22 bits per heavy atom. The van der Waals surface area contributed by atoms with E-state index in [4.69, 9.17) is 22.1 Å². The van der Waals surface area contributed by atoms with Crippen molar-refractivity contribution in [2.75, 3.05) is 0 Å². The summed E-state index contributed by atoms with van der Waals surface area (Å²) in [5.41, 5.74) is 6.35. The molecule has 0 aliphatic rings. The van der Waals surface area contributed by atoms with E-state index in [2.05, 4.69) is 25.9 Å². The minimum atomic E-state index is 0.309. The number of aromatic nitrogens is 2. The molecule has 0 aliphatic heterocycles. The number of hydrogen-bond acceptors (Lipinski definition) is 4. The van der Waals surface area contributed by atoms with Gasteiger partial charge in [-0.05, 0) is 25.1 Å². The standard InChI is InChI=1S/C12H11BrClN3O/c1-7-16-6-8(5-15)12(17-7)18-11-3-2-9(13)4-10(11)14/h2-4,6H,5,15H2,1H3. The number of nitrogens with two attached hydrogens (primary N) is 1. The van der Waals surface area contributed by atoms with E-state index >= 15 is 0 Å². The van der Waals surface area contributed by atoms with Crippen LogP contribution in [0.2, 0.25) is 5.02 Å². The summed E-state index contributed by atoms with van der Waals surface area (Å²) >= 11 is 9.42. The van der Waals surface area contributed by atoms with Crippen molar-refractivity contribution >= 4 is 27.5 Å². The number of halogens is 2. The molecule has 94 valence electrons. The van der Waals surface area contributed by atoms with Crippen LogP contribution in [0, 0.1) is 6.92 Å². The van der Waals surface area contributed by atoms with E-state index in [9.17, 15) is 0 Å². The van der Waals surface area contributed by atoms with Gasteiger partial charge >= 0.3 is 0 Å². The SMILES string of the molecule is Cc1ncc(CN)c(Oc2ccc(Br)cc2Cl)n1. The molecular weight excluding hydrogens is 318 g/mol. The third-order valence-electron chi connectivity index (χ3n) is 2.27. The summed E-state index contributed by atoms with van der Waals surface area (Å²) in [6.07, 6.45) is 1.66. The van der Waals surface area contributed by atoms with Gasteiger partial charge in [0.05, 0.1) is 5.02 Å². The fourth-order valence-corrected chi connectivity index (χ4v) is 2.08. The van der Waals surface area contributed by atoms with Crippen LogP contribution in [0.3, 0.4) is 0 Å². The van der Waals surface area contributed by atoms with E-state index in [1.165, 1.54) is 0 Å². The summed E-state index contributed by atoms with van der Waals surface area (Å²) < 4.78 is 6.57. The predicted molar refractivity (Wildman–Crippen MR) is 73.9 cm³/mol. The van der Waals surface area contributed by atoms with Gasteiger partial charge in [-0.15, -0.1) is 0 Å². The molecule has 1 heterocycles. The van der Waals surface area contributed by atoms with Gasteiger partial charge in [-0.2, -0.15) is 4.98 Å². The summed E-state index contributed by atoms with van der Waals surface area (Å²) in [6.45, 7) is 2.10. The molecule has 1 aromatic heterocycles. The Morgan fingerprint density at radius 3 is 2.89 bits per heavy atom. The van der Waals surface area contributed by atoms with Crippen molar-refractivity contribution in [3.8, 4) is 11.6 Å². The van der Waals surface area contributed by atoms with Gasteiger partial charge < -0.3 is 10.5 Å². The van der Waals surface area contributed by atoms with Gasteiger partial charge in [-0.1, -0.05) is 27.5 Å². The minimum absolute atomic E-state index is 0.309. The molecule has 0 saturated heterocycles. The van der Waals surface area contributed by atoms with Gasteiger partial charge in [0.2, 0.25) is 5.88 Å². The second kappa shape index (κ2) is 5.65. The lowest BCUT2D eigenvalue weighted by molar-refractivity contribution is 0.453. The molecule has 0 spiro atoms. The zero-order valence-electron chi connectivity index (χ0n) is 9.65. The molecule has 0 aliphatic carbocycles. The molecule has 0 radical (unpaired) electrons. The van der Waals surface area contributed by atoms with Crippen LogP contribution in [0.1, 0.15) is 11.4 Å². The van der Waals surface area contributed by atoms with Crippen molar-refractivity contribution < 1.29 is 4.74 Å². The lowest BCUT2D eigenvalue weighted by Crippen LogP contribution is -2.03. The molecule has 2 rings (SSSR count). The Balaban J connectivity index is 2.36. The highest BCUT2D eigenvalue weighted by Gasteiger charge is 2.09.